The molecule has 186 valence electrons. The Hall–Kier alpha value is -3.11. The van der Waals surface area contributed by atoms with E-state index < -0.39 is 14.6 Å². The van der Waals surface area contributed by atoms with Gasteiger partial charge in [-0.3, -0.25) is 14.5 Å². The molecule has 1 saturated heterocycles. The third-order valence-corrected chi connectivity index (χ3v) is 9.44. The molecule has 0 radical (unpaired) electrons. The second kappa shape index (κ2) is 8.83. The molecule has 0 aromatic heterocycles. The van der Waals surface area contributed by atoms with Crippen LogP contribution in [0.3, 0.4) is 0 Å². The topological polar surface area (TPSA) is 96.5 Å². The van der Waals surface area contributed by atoms with Crippen LogP contribution in [0.1, 0.15) is 25.8 Å². The zero-order chi connectivity index (χ0) is 24.8. The minimum absolute atomic E-state index is 0.0946. The van der Waals surface area contributed by atoms with Gasteiger partial charge in [0.25, 0.3) is 0 Å². The Labute approximate surface area is 205 Å². The van der Waals surface area contributed by atoms with Crippen molar-refractivity contribution in [3.63, 3.8) is 0 Å². The van der Waals surface area contributed by atoms with Gasteiger partial charge >= 0.3 is 0 Å². The highest BCUT2D eigenvalue weighted by Crippen LogP contribution is 2.39. The fraction of sp³-hybridized carbons (Fsp3) is 0.440. The van der Waals surface area contributed by atoms with E-state index in [1.54, 1.807) is 36.9 Å². The maximum atomic E-state index is 13.2. The lowest BCUT2D eigenvalue weighted by Crippen LogP contribution is -2.51. The monoisotopic (exact) mass is 499 g/mol. The minimum Gasteiger partial charge on any atom is -0.454 e. The van der Waals surface area contributed by atoms with Crippen molar-refractivity contribution in [1.82, 2.24) is 9.80 Å². The molecule has 0 bridgehead atoms. The van der Waals surface area contributed by atoms with Crippen molar-refractivity contribution in [3.8, 4) is 11.5 Å². The van der Waals surface area contributed by atoms with E-state index in [2.05, 4.69) is 4.90 Å². The van der Waals surface area contributed by atoms with Crippen LogP contribution >= 0.6 is 0 Å². The summed E-state index contributed by atoms with van der Waals surface area (Å²) in [7, 11) is -3.74. The van der Waals surface area contributed by atoms with Crippen molar-refractivity contribution in [2.24, 2.45) is 0 Å². The summed E-state index contributed by atoms with van der Waals surface area (Å²) in [5.74, 6) is 0.959. The lowest BCUT2D eigenvalue weighted by Gasteiger charge is -2.36. The fourth-order valence-electron chi connectivity index (χ4n) is 4.76. The number of piperazine rings is 1. The Kier molecular flexibility index (Phi) is 5.96. The number of ether oxygens (including phenoxy) is 2. The summed E-state index contributed by atoms with van der Waals surface area (Å²) in [5, 5.41) is 0. The molecular formula is C25H29N3O6S. The van der Waals surface area contributed by atoms with Gasteiger partial charge in [0.1, 0.15) is 6.54 Å². The molecule has 10 heteroatoms. The average molecular weight is 500 g/mol. The highest BCUT2D eigenvalue weighted by Gasteiger charge is 2.44. The second-order valence-corrected chi connectivity index (χ2v) is 12.3. The molecule has 2 aromatic rings. The molecule has 1 fully saturated rings. The fourth-order valence-corrected chi connectivity index (χ4v) is 6.38. The number of rotatable bonds is 4. The molecular weight excluding hydrogens is 470 g/mol. The number of benzene rings is 2. The van der Waals surface area contributed by atoms with E-state index in [-0.39, 0.29) is 42.2 Å². The Morgan fingerprint density at radius 1 is 1.00 bits per heavy atom. The first kappa shape index (κ1) is 23.6. The van der Waals surface area contributed by atoms with Crippen molar-refractivity contribution in [3.05, 3.63) is 48.0 Å². The number of hydrogen-bond donors (Lipinski definition) is 0. The van der Waals surface area contributed by atoms with Crippen molar-refractivity contribution in [2.45, 2.75) is 36.5 Å². The molecule has 3 aliphatic heterocycles. The number of para-hydroxylation sites is 1. The predicted octanol–water partition coefficient (Wildman–Crippen LogP) is 2.05. The van der Waals surface area contributed by atoms with Crippen LogP contribution in [0.15, 0.2) is 47.4 Å². The quantitative estimate of drug-likeness (QED) is 0.635. The van der Waals surface area contributed by atoms with E-state index in [1.807, 2.05) is 18.2 Å². The standard InChI is InChI=1S/C25H29N3O6S/c1-25(2)14-23(29)28(19-5-3-4-6-22(19)35(25,31)32)16-24(30)27-11-9-26(10-12-27)15-18-7-8-20-21(13-18)34-17-33-20/h3-8,13H,9-12,14-17H2,1-2H3. The van der Waals surface area contributed by atoms with Gasteiger partial charge < -0.3 is 19.3 Å². The molecule has 35 heavy (non-hydrogen) atoms. The van der Waals surface area contributed by atoms with Crippen LogP contribution in [-0.4, -0.2) is 74.3 Å². The Bertz CT molecular complexity index is 1270. The van der Waals surface area contributed by atoms with Crippen LogP contribution in [0.5, 0.6) is 11.5 Å². The van der Waals surface area contributed by atoms with E-state index >= 15 is 0 Å². The van der Waals surface area contributed by atoms with Crippen LogP contribution in [0.4, 0.5) is 5.69 Å². The number of hydrogen-bond acceptors (Lipinski definition) is 7. The summed E-state index contributed by atoms with van der Waals surface area (Å²) >= 11 is 0. The number of fused-ring (bicyclic) bond motifs is 2. The molecule has 0 saturated carbocycles. The molecule has 5 rings (SSSR count). The summed E-state index contributed by atoms with van der Waals surface area (Å²) in [6, 6.07) is 12.4. The molecule has 2 aromatic carbocycles. The van der Waals surface area contributed by atoms with Gasteiger partial charge in [0.15, 0.2) is 21.3 Å². The van der Waals surface area contributed by atoms with Gasteiger partial charge in [-0.2, -0.15) is 0 Å². The number of amides is 2. The average Bonchev–Trinajstić information content (AvgIpc) is 3.28. The van der Waals surface area contributed by atoms with E-state index in [4.69, 9.17) is 9.47 Å². The normalized spacial score (nSPS) is 20.9. The molecule has 2 amide bonds. The maximum absolute atomic E-state index is 13.2. The van der Waals surface area contributed by atoms with Crippen LogP contribution in [-0.2, 0) is 26.0 Å². The highest BCUT2D eigenvalue weighted by molar-refractivity contribution is 7.93. The van der Waals surface area contributed by atoms with Crippen LogP contribution in [0.2, 0.25) is 0 Å². The summed E-state index contributed by atoms with van der Waals surface area (Å²) in [6.07, 6.45) is -0.180. The zero-order valence-electron chi connectivity index (χ0n) is 19.9. The van der Waals surface area contributed by atoms with Gasteiger partial charge in [0.2, 0.25) is 18.6 Å². The molecule has 0 unspecified atom stereocenters. The number of carbonyl (C=O) groups excluding carboxylic acids is 2. The van der Waals surface area contributed by atoms with E-state index in [1.165, 1.54) is 11.0 Å². The minimum atomic E-state index is -3.74. The lowest BCUT2D eigenvalue weighted by molar-refractivity contribution is -0.133. The maximum Gasteiger partial charge on any atom is 0.242 e. The first-order valence-electron chi connectivity index (χ1n) is 11.7. The zero-order valence-corrected chi connectivity index (χ0v) is 20.7. The van der Waals surface area contributed by atoms with E-state index in [0.717, 1.165) is 23.6 Å². The Morgan fingerprint density at radius 3 is 2.49 bits per heavy atom. The smallest absolute Gasteiger partial charge is 0.242 e. The van der Waals surface area contributed by atoms with E-state index in [9.17, 15) is 18.0 Å². The summed E-state index contributed by atoms with van der Waals surface area (Å²) in [6.45, 7) is 6.40. The Balaban J connectivity index is 1.25. The van der Waals surface area contributed by atoms with Crippen molar-refractivity contribution in [1.29, 1.82) is 0 Å². The Morgan fingerprint density at radius 2 is 1.71 bits per heavy atom. The van der Waals surface area contributed by atoms with Crippen molar-refractivity contribution in [2.75, 3.05) is 44.4 Å². The molecule has 3 heterocycles. The number of carbonyl (C=O) groups is 2. The second-order valence-electron chi connectivity index (χ2n) is 9.73. The van der Waals surface area contributed by atoms with Crippen LogP contribution < -0.4 is 14.4 Å². The van der Waals surface area contributed by atoms with Gasteiger partial charge in [-0.25, -0.2) is 8.42 Å². The lowest BCUT2D eigenvalue weighted by atomic mass is 10.1. The van der Waals surface area contributed by atoms with Gasteiger partial charge in [0.05, 0.1) is 15.3 Å². The molecule has 0 atom stereocenters. The largest absolute Gasteiger partial charge is 0.454 e. The molecule has 0 N–H and O–H groups in total. The number of anilines is 1. The molecule has 9 nitrogen and oxygen atoms in total. The van der Waals surface area contributed by atoms with Crippen molar-refractivity contribution < 1.29 is 27.5 Å². The third kappa shape index (κ3) is 4.36. The molecule has 0 spiro atoms. The van der Waals surface area contributed by atoms with Gasteiger partial charge in [-0.05, 0) is 43.7 Å². The predicted molar refractivity (Wildman–Crippen MR) is 129 cm³/mol. The summed E-state index contributed by atoms with van der Waals surface area (Å²) in [4.78, 5) is 31.7. The first-order chi connectivity index (χ1) is 16.7. The number of sulfone groups is 1. The van der Waals surface area contributed by atoms with Gasteiger partial charge in [-0.15, -0.1) is 0 Å². The van der Waals surface area contributed by atoms with Crippen LogP contribution in [0.25, 0.3) is 0 Å². The molecule has 3 aliphatic rings. The van der Waals surface area contributed by atoms with E-state index in [0.29, 0.717) is 26.2 Å². The highest BCUT2D eigenvalue weighted by atomic mass is 32.2. The van der Waals surface area contributed by atoms with Crippen molar-refractivity contribution >= 4 is 27.3 Å². The summed E-state index contributed by atoms with van der Waals surface area (Å²) in [5.41, 5.74) is 1.39. The summed E-state index contributed by atoms with van der Waals surface area (Å²) < 4.78 is 35.9. The van der Waals surface area contributed by atoms with Gasteiger partial charge in [0, 0.05) is 39.1 Å². The first-order valence-corrected chi connectivity index (χ1v) is 13.2. The molecule has 0 aliphatic carbocycles. The third-order valence-electron chi connectivity index (χ3n) is 6.91. The SMILES string of the molecule is CC1(C)CC(=O)N(CC(=O)N2CCN(Cc3ccc4c(c3)OCO4)CC2)c2ccccc2S1(=O)=O. The number of nitrogens with zero attached hydrogens (tertiary/aromatic N) is 3. The van der Waals surface area contributed by atoms with Gasteiger partial charge in [-0.1, -0.05) is 18.2 Å². The van der Waals surface area contributed by atoms with Crippen LogP contribution in [0, 0.1) is 0 Å².